The van der Waals surface area contributed by atoms with Gasteiger partial charge >= 0.3 is 0 Å². The summed E-state index contributed by atoms with van der Waals surface area (Å²) in [6.45, 7) is 5.91. The molecule has 0 amide bonds. The van der Waals surface area contributed by atoms with Gasteiger partial charge in [-0.3, -0.25) is 4.98 Å². The van der Waals surface area contributed by atoms with Crippen LogP contribution in [0.15, 0.2) is 42.7 Å². The molecular formula is C17H24N4. The lowest BCUT2D eigenvalue weighted by molar-refractivity contribution is 0.641. The van der Waals surface area contributed by atoms with Gasteiger partial charge in [0, 0.05) is 25.0 Å². The molecule has 112 valence electrons. The van der Waals surface area contributed by atoms with Crippen LogP contribution >= 0.6 is 0 Å². The lowest BCUT2D eigenvalue weighted by Gasteiger charge is -2.25. The molecule has 1 unspecified atom stereocenters. The second kappa shape index (κ2) is 7.74. The lowest BCUT2D eigenvalue weighted by Crippen LogP contribution is -2.27. The van der Waals surface area contributed by atoms with Gasteiger partial charge in [0.25, 0.3) is 0 Å². The van der Waals surface area contributed by atoms with Gasteiger partial charge in [-0.05, 0) is 43.5 Å². The van der Waals surface area contributed by atoms with Crippen LogP contribution in [0.1, 0.15) is 31.5 Å². The van der Waals surface area contributed by atoms with E-state index in [0.717, 1.165) is 37.4 Å². The number of nitrogens with zero attached hydrogens (tertiary/aromatic N) is 3. The van der Waals surface area contributed by atoms with Crippen LogP contribution in [0.25, 0.3) is 0 Å². The van der Waals surface area contributed by atoms with E-state index in [2.05, 4.69) is 34.8 Å². The highest BCUT2D eigenvalue weighted by atomic mass is 15.2. The monoisotopic (exact) mass is 284 g/mol. The van der Waals surface area contributed by atoms with Crippen molar-refractivity contribution in [3.05, 3.63) is 54.0 Å². The van der Waals surface area contributed by atoms with E-state index >= 15 is 0 Å². The van der Waals surface area contributed by atoms with Gasteiger partial charge in [0.15, 0.2) is 0 Å². The van der Waals surface area contributed by atoms with Gasteiger partial charge < -0.3 is 10.6 Å². The average molecular weight is 284 g/mol. The van der Waals surface area contributed by atoms with E-state index in [1.54, 1.807) is 0 Å². The Bertz CT molecular complexity index is 541. The number of hydrogen-bond acceptors (Lipinski definition) is 4. The first-order valence-electron chi connectivity index (χ1n) is 7.58. The summed E-state index contributed by atoms with van der Waals surface area (Å²) in [5.41, 5.74) is 8.37. The second-order valence-electron chi connectivity index (χ2n) is 5.19. The molecule has 2 aromatic heterocycles. The van der Waals surface area contributed by atoms with Gasteiger partial charge in [-0.1, -0.05) is 19.1 Å². The predicted octanol–water partition coefficient (Wildman–Crippen LogP) is 2.78. The number of anilines is 1. The van der Waals surface area contributed by atoms with Crippen molar-refractivity contribution in [1.82, 2.24) is 9.97 Å². The summed E-state index contributed by atoms with van der Waals surface area (Å²) in [7, 11) is 0. The SMILES string of the molecule is CCC(N)Cc1cccnc1N(CC)Cc1ccccn1. The Morgan fingerprint density at radius 3 is 2.57 bits per heavy atom. The van der Waals surface area contributed by atoms with Gasteiger partial charge in [0.2, 0.25) is 0 Å². The fourth-order valence-corrected chi connectivity index (χ4v) is 2.32. The van der Waals surface area contributed by atoms with Crippen LogP contribution in [0.4, 0.5) is 5.82 Å². The molecule has 21 heavy (non-hydrogen) atoms. The standard InChI is InChI=1S/C17H24N4/c1-3-15(18)12-14-8-7-11-20-17(14)21(4-2)13-16-9-5-6-10-19-16/h5-11,15H,3-4,12-13,18H2,1-2H3. The van der Waals surface area contributed by atoms with Crippen molar-refractivity contribution in [2.24, 2.45) is 5.73 Å². The summed E-state index contributed by atoms with van der Waals surface area (Å²) in [4.78, 5) is 11.2. The van der Waals surface area contributed by atoms with Crippen LogP contribution < -0.4 is 10.6 Å². The number of aromatic nitrogens is 2. The molecule has 0 saturated heterocycles. The van der Waals surface area contributed by atoms with E-state index in [4.69, 9.17) is 5.73 Å². The average Bonchev–Trinajstić information content (AvgIpc) is 2.54. The molecule has 0 fully saturated rings. The maximum Gasteiger partial charge on any atom is 0.132 e. The number of nitrogens with two attached hydrogens (primary N) is 1. The summed E-state index contributed by atoms with van der Waals surface area (Å²) < 4.78 is 0. The number of rotatable bonds is 7. The first-order valence-corrected chi connectivity index (χ1v) is 7.58. The van der Waals surface area contributed by atoms with Gasteiger partial charge in [0.1, 0.15) is 5.82 Å². The summed E-state index contributed by atoms with van der Waals surface area (Å²) in [6, 6.07) is 10.3. The third-order valence-corrected chi connectivity index (χ3v) is 3.63. The molecule has 1 atom stereocenters. The predicted molar refractivity (Wildman–Crippen MR) is 87.2 cm³/mol. The maximum absolute atomic E-state index is 6.11. The lowest BCUT2D eigenvalue weighted by atomic mass is 10.0. The molecule has 0 aromatic carbocycles. The van der Waals surface area contributed by atoms with Gasteiger partial charge in [-0.15, -0.1) is 0 Å². The summed E-state index contributed by atoms with van der Waals surface area (Å²) in [5, 5.41) is 0. The third-order valence-electron chi connectivity index (χ3n) is 3.63. The van der Waals surface area contributed by atoms with Gasteiger partial charge in [-0.2, -0.15) is 0 Å². The molecule has 0 aliphatic heterocycles. The highest BCUT2D eigenvalue weighted by molar-refractivity contribution is 5.47. The Morgan fingerprint density at radius 1 is 1.10 bits per heavy atom. The number of hydrogen-bond donors (Lipinski definition) is 1. The van der Waals surface area contributed by atoms with Crippen LogP contribution in [0.2, 0.25) is 0 Å². The molecule has 0 radical (unpaired) electrons. The molecular weight excluding hydrogens is 260 g/mol. The van der Waals surface area contributed by atoms with Crippen LogP contribution in [0.3, 0.4) is 0 Å². The van der Waals surface area contributed by atoms with E-state index in [0.29, 0.717) is 0 Å². The van der Waals surface area contributed by atoms with E-state index in [1.165, 1.54) is 5.56 Å². The van der Waals surface area contributed by atoms with Crippen molar-refractivity contribution in [2.45, 2.75) is 39.3 Å². The van der Waals surface area contributed by atoms with Crippen molar-refractivity contribution >= 4 is 5.82 Å². The first-order chi connectivity index (χ1) is 10.2. The molecule has 0 saturated carbocycles. The molecule has 4 nitrogen and oxygen atoms in total. The van der Waals surface area contributed by atoms with Crippen molar-refractivity contribution in [3.8, 4) is 0 Å². The Labute approximate surface area is 127 Å². The molecule has 0 aliphatic carbocycles. The van der Waals surface area contributed by atoms with E-state index < -0.39 is 0 Å². The maximum atomic E-state index is 6.11. The second-order valence-corrected chi connectivity index (χ2v) is 5.19. The van der Waals surface area contributed by atoms with Crippen molar-refractivity contribution in [1.29, 1.82) is 0 Å². The zero-order valence-electron chi connectivity index (χ0n) is 12.9. The minimum Gasteiger partial charge on any atom is -0.351 e. The molecule has 2 N–H and O–H groups in total. The summed E-state index contributed by atoms with van der Waals surface area (Å²) in [5.74, 6) is 1.02. The van der Waals surface area contributed by atoms with Crippen molar-refractivity contribution < 1.29 is 0 Å². The quantitative estimate of drug-likeness (QED) is 0.849. The molecule has 2 aromatic rings. The Hall–Kier alpha value is -1.94. The van der Waals surface area contributed by atoms with Crippen LogP contribution in [0.5, 0.6) is 0 Å². The first kappa shape index (κ1) is 15.4. The minimum atomic E-state index is 0.182. The van der Waals surface area contributed by atoms with E-state index in [9.17, 15) is 0 Å². The summed E-state index contributed by atoms with van der Waals surface area (Å²) in [6.07, 6.45) is 5.51. The Kier molecular flexibility index (Phi) is 5.69. The van der Waals surface area contributed by atoms with Crippen molar-refractivity contribution in [3.63, 3.8) is 0 Å². The topological polar surface area (TPSA) is 55.0 Å². The van der Waals surface area contributed by atoms with E-state index in [-0.39, 0.29) is 6.04 Å². The minimum absolute atomic E-state index is 0.182. The summed E-state index contributed by atoms with van der Waals surface area (Å²) >= 11 is 0. The molecule has 2 rings (SSSR count). The fourth-order valence-electron chi connectivity index (χ4n) is 2.32. The Balaban J connectivity index is 2.21. The van der Waals surface area contributed by atoms with E-state index in [1.807, 2.05) is 36.7 Å². The fraction of sp³-hybridized carbons (Fsp3) is 0.412. The largest absolute Gasteiger partial charge is 0.351 e. The molecule has 0 bridgehead atoms. The van der Waals surface area contributed by atoms with Gasteiger partial charge in [0.05, 0.1) is 12.2 Å². The molecule has 0 aliphatic rings. The van der Waals surface area contributed by atoms with Crippen LogP contribution in [-0.4, -0.2) is 22.6 Å². The number of pyridine rings is 2. The zero-order chi connectivity index (χ0) is 15.1. The highest BCUT2D eigenvalue weighted by Crippen LogP contribution is 2.20. The smallest absolute Gasteiger partial charge is 0.132 e. The van der Waals surface area contributed by atoms with Gasteiger partial charge in [-0.25, -0.2) is 4.98 Å². The zero-order valence-corrected chi connectivity index (χ0v) is 12.9. The van der Waals surface area contributed by atoms with Crippen LogP contribution in [-0.2, 0) is 13.0 Å². The van der Waals surface area contributed by atoms with Crippen LogP contribution in [0, 0.1) is 0 Å². The van der Waals surface area contributed by atoms with Crippen molar-refractivity contribution in [2.75, 3.05) is 11.4 Å². The highest BCUT2D eigenvalue weighted by Gasteiger charge is 2.13. The molecule has 0 spiro atoms. The molecule has 2 heterocycles. The molecule has 4 heteroatoms. The third kappa shape index (κ3) is 4.26. The Morgan fingerprint density at radius 2 is 1.90 bits per heavy atom. The normalized spacial score (nSPS) is 12.1.